The van der Waals surface area contributed by atoms with Crippen LogP contribution in [0.3, 0.4) is 0 Å². The van der Waals surface area contributed by atoms with E-state index in [2.05, 4.69) is 9.88 Å². The molecule has 0 bridgehead atoms. The molecular formula is C22H20N4O5S2. The summed E-state index contributed by atoms with van der Waals surface area (Å²) in [5.41, 5.74) is 2.08. The lowest BCUT2D eigenvalue weighted by molar-refractivity contribution is -0.384. The highest BCUT2D eigenvalue weighted by Crippen LogP contribution is 2.52. The number of fused-ring (bicyclic) bond motifs is 1. The number of nitro groups is 1. The SMILES string of the molecule is O=C(OCc1ccc([N+](=O)[O-])cc1)C1=C(SC2CCN(c3ccncc3)C2)S[C@@H]2CC(=O)N12. The van der Waals surface area contributed by atoms with Crippen molar-refractivity contribution in [1.29, 1.82) is 0 Å². The molecule has 3 aliphatic rings. The highest BCUT2D eigenvalue weighted by molar-refractivity contribution is 8.23. The molecule has 2 aromatic rings. The first kappa shape index (κ1) is 21.8. The molecule has 170 valence electrons. The Morgan fingerprint density at radius 2 is 2.00 bits per heavy atom. The maximum Gasteiger partial charge on any atom is 0.357 e. The summed E-state index contributed by atoms with van der Waals surface area (Å²) in [6, 6.07) is 9.84. The van der Waals surface area contributed by atoms with Crippen molar-refractivity contribution in [1.82, 2.24) is 9.88 Å². The number of thioether (sulfide) groups is 2. The molecule has 0 N–H and O–H groups in total. The van der Waals surface area contributed by atoms with Gasteiger partial charge in [-0.05, 0) is 36.2 Å². The van der Waals surface area contributed by atoms with Crippen molar-refractivity contribution in [2.45, 2.75) is 30.1 Å². The fourth-order valence-corrected chi connectivity index (χ4v) is 7.12. The molecule has 4 heterocycles. The number of carbonyl (C=O) groups excluding carboxylic acids is 2. The Bertz CT molecular complexity index is 1130. The molecule has 2 saturated heterocycles. The predicted octanol–water partition coefficient (Wildman–Crippen LogP) is 3.52. The van der Waals surface area contributed by atoms with E-state index in [1.807, 2.05) is 12.1 Å². The molecule has 11 heteroatoms. The van der Waals surface area contributed by atoms with Crippen LogP contribution < -0.4 is 4.90 Å². The summed E-state index contributed by atoms with van der Waals surface area (Å²) in [4.78, 5) is 43.4. The van der Waals surface area contributed by atoms with E-state index in [-0.39, 0.29) is 23.6 Å². The topological polar surface area (TPSA) is 106 Å². The number of nitrogens with zero attached hydrogens (tertiary/aromatic N) is 4. The quantitative estimate of drug-likeness (QED) is 0.253. The third kappa shape index (κ3) is 4.42. The average molecular weight is 485 g/mol. The molecule has 9 nitrogen and oxygen atoms in total. The van der Waals surface area contributed by atoms with Crippen molar-refractivity contribution in [3.8, 4) is 0 Å². The minimum atomic E-state index is -0.539. The van der Waals surface area contributed by atoms with Crippen LogP contribution in [0.25, 0.3) is 0 Å². The number of hydrogen-bond donors (Lipinski definition) is 0. The standard InChI is InChI=1S/C22H20N4O5S2/c27-18-11-19-25(18)20(21(28)31-13-14-1-3-16(4-2-14)26(29)30)22(33-19)32-17-7-10-24(12-17)15-5-8-23-9-6-15/h1-6,8-9,17,19H,7,10-13H2/t17?,19-/m1/s1. The Labute approximate surface area is 198 Å². The van der Waals surface area contributed by atoms with E-state index < -0.39 is 10.9 Å². The van der Waals surface area contributed by atoms with Crippen LogP contribution in [0.4, 0.5) is 11.4 Å². The van der Waals surface area contributed by atoms with Gasteiger partial charge in [-0.2, -0.15) is 0 Å². The van der Waals surface area contributed by atoms with E-state index in [0.717, 1.165) is 29.4 Å². The van der Waals surface area contributed by atoms with E-state index in [1.54, 1.807) is 53.0 Å². The highest BCUT2D eigenvalue weighted by atomic mass is 32.2. The van der Waals surface area contributed by atoms with Crippen molar-refractivity contribution < 1.29 is 19.2 Å². The van der Waals surface area contributed by atoms with Crippen LogP contribution >= 0.6 is 23.5 Å². The van der Waals surface area contributed by atoms with Crippen LogP contribution in [0.2, 0.25) is 0 Å². The van der Waals surface area contributed by atoms with Gasteiger partial charge in [-0.3, -0.25) is 24.8 Å². The van der Waals surface area contributed by atoms with E-state index in [1.165, 1.54) is 12.1 Å². The van der Waals surface area contributed by atoms with Gasteiger partial charge in [0.15, 0.2) is 5.70 Å². The first-order chi connectivity index (χ1) is 16.0. The lowest BCUT2D eigenvalue weighted by atomic mass is 10.2. The number of benzene rings is 1. The number of ether oxygens (including phenoxy) is 1. The molecule has 2 atom stereocenters. The summed E-state index contributed by atoms with van der Waals surface area (Å²) in [6.07, 6.45) is 4.95. The summed E-state index contributed by atoms with van der Waals surface area (Å²) < 4.78 is 6.33. The Morgan fingerprint density at radius 3 is 2.70 bits per heavy atom. The minimum absolute atomic E-state index is 0.0190. The van der Waals surface area contributed by atoms with Crippen LogP contribution in [-0.4, -0.2) is 50.4 Å². The van der Waals surface area contributed by atoms with Gasteiger partial charge in [0.05, 0.1) is 21.0 Å². The second-order valence-electron chi connectivity index (χ2n) is 7.86. The second kappa shape index (κ2) is 9.06. The number of rotatable bonds is 7. The van der Waals surface area contributed by atoms with E-state index in [0.29, 0.717) is 22.9 Å². The molecule has 0 aliphatic carbocycles. The van der Waals surface area contributed by atoms with Crippen molar-refractivity contribution in [3.63, 3.8) is 0 Å². The van der Waals surface area contributed by atoms with Gasteiger partial charge in [-0.15, -0.1) is 11.8 Å². The predicted molar refractivity (Wildman–Crippen MR) is 125 cm³/mol. The summed E-state index contributed by atoms with van der Waals surface area (Å²) in [5, 5.41) is 11.1. The second-order valence-corrected chi connectivity index (χ2v) is 10.6. The Morgan fingerprint density at radius 1 is 1.24 bits per heavy atom. The number of nitro benzene ring substituents is 1. The van der Waals surface area contributed by atoms with E-state index in [4.69, 9.17) is 4.74 Å². The zero-order chi connectivity index (χ0) is 22.9. The summed E-state index contributed by atoms with van der Waals surface area (Å²) >= 11 is 3.20. The molecular weight excluding hydrogens is 464 g/mol. The maximum atomic E-state index is 13.0. The maximum absolute atomic E-state index is 13.0. The van der Waals surface area contributed by atoms with Gasteiger partial charge < -0.3 is 9.64 Å². The van der Waals surface area contributed by atoms with Crippen LogP contribution in [0.5, 0.6) is 0 Å². The third-order valence-electron chi connectivity index (χ3n) is 5.74. The molecule has 5 rings (SSSR count). The molecule has 0 radical (unpaired) electrons. The first-order valence-corrected chi connectivity index (χ1v) is 12.2. The minimum Gasteiger partial charge on any atom is -0.456 e. The third-order valence-corrected chi connectivity index (χ3v) is 8.50. The van der Waals surface area contributed by atoms with Gasteiger partial charge in [0.1, 0.15) is 6.61 Å². The fourth-order valence-electron chi connectivity index (χ4n) is 3.99. The number of esters is 1. The smallest absolute Gasteiger partial charge is 0.357 e. The number of aromatic nitrogens is 1. The lowest BCUT2D eigenvalue weighted by Gasteiger charge is -2.34. The van der Waals surface area contributed by atoms with Gasteiger partial charge in [0.25, 0.3) is 5.69 Å². The zero-order valence-corrected chi connectivity index (χ0v) is 19.1. The number of carbonyl (C=O) groups is 2. The molecule has 2 fully saturated rings. The summed E-state index contributed by atoms with van der Waals surface area (Å²) in [6.45, 7) is 1.75. The molecule has 33 heavy (non-hydrogen) atoms. The normalized spacial score (nSPS) is 21.8. The van der Waals surface area contributed by atoms with Gasteiger partial charge in [-0.25, -0.2) is 4.79 Å². The number of hydrogen-bond acceptors (Lipinski definition) is 9. The summed E-state index contributed by atoms with van der Waals surface area (Å²) in [5.74, 6) is -0.613. The lowest BCUT2D eigenvalue weighted by Crippen LogP contribution is -2.48. The Kier molecular flexibility index (Phi) is 5.98. The van der Waals surface area contributed by atoms with Crippen LogP contribution in [0, 0.1) is 10.1 Å². The molecule has 3 aliphatic heterocycles. The molecule has 0 spiro atoms. The van der Waals surface area contributed by atoms with E-state index >= 15 is 0 Å². The van der Waals surface area contributed by atoms with Crippen molar-refractivity contribution >= 4 is 46.8 Å². The van der Waals surface area contributed by atoms with Crippen LogP contribution in [0.1, 0.15) is 18.4 Å². The monoisotopic (exact) mass is 484 g/mol. The van der Waals surface area contributed by atoms with Gasteiger partial charge in [0, 0.05) is 48.6 Å². The van der Waals surface area contributed by atoms with Crippen molar-refractivity contribution in [2.24, 2.45) is 0 Å². The zero-order valence-electron chi connectivity index (χ0n) is 17.5. The number of pyridine rings is 1. The highest BCUT2D eigenvalue weighted by Gasteiger charge is 2.49. The van der Waals surface area contributed by atoms with Crippen molar-refractivity contribution in [3.05, 3.63) is 74.4 Å². The van der Waals surface area contributed by atoms with Gasteiger partial charge in [0.2, 0.25) is 5.91 Å². The van der Waals surface area contributed by atoms with Crippen LogP contribution in [-0.2, 0) is 20.9 Å². The van der Waals surface area contributed by atoms with Crippen molar-refractivity contribution in [2.75, 3.05) is 18.0 Å². The van der Waals surface area contributed by atoms with Gasteiger partial charge >= 0.3 is 5.97 Å². The molecule has 1 aromatic heterocycles. The molecule has 1 unspecified atom stereocenters. The molecule has 1 amide bonds. The Balaban J connectivity index is 1.27. The van der Waals surface area contributed by atoms with E-state index in [9.17, 15) is 19.7 Å². The fraction of sp³-hybridized carbons (Fsp3) is 0.318. The number of non-ortho nitro benzene ring substituents is 1. The number of β-lactam (4-membered cyclic amide) rings is 1. The number of anilines is 1. The van der Waals surface area contributed by atoms with Gasteiger partial charge in [-0.1, -0.05) is 11.8 Å². The van der Waals surface area contributed by atoms with Crippen LogP contribution in [0.15, 0.2) is 58.7 Å². The Hall–Kier alpha value is -3.05. The molecule has 1 aromatic carbocycles. The average Bonchev–Trinajstić information content (AvgIpc) is 3.40. The first-order valence-electron chi connectivity index (χ1n) is 10.4. The largest absolute Gasteiger partial charge is 0.456 e. The number of amides is 1. The molecule has 0 saturated carbocycles. The summed E-state index contributed by atoms with van der Waals surface area (Å²) in [7, 11) is 0.